The predicted octanol–water partition coefficient (Wildman–Crippen LogP) is 0.549. The lowest BCUT2D eigenvalue weighted by molar-refractivity contribution is -0.139. The topological polar surface area (TPSA) is 68.0 Å². The van der Waals surface area contributed by atoms with Gasteiger partial charge in [0, 0.05) is 6.54 Å². The zero-order valence-corrected chi connectivity index (χ0v) is 7.40. The van der Waals surface area contributed by atoms with Crippen LogP contribution in [0.15, 0.2) is 0 Å². The fraction of sp³-hybridized carbons (Fsp3) is 0.625. The Morgan fingerprint density at radius 1 is 1.62 bits per heavy atom. The maximum atomic E-state index is 10.8. The first-order valence-corrected chi connectivity index (χ1v) is 4.32. The summed E-state index contributed by atoms with van der Waals surface area (Å²) in [6.07, 6.45) is 1.57. The smallest absolute Gasteiger partial charge is 0.314 e. The molecular formula is C8H11N3O2. The zero-order chi connectivity index (χ0) is 9.42. The average Bonchev–Trinajstić information content (AvgIpc) is 2.48. The van der Waals surface area contributed by atoms with E-state index in [1.165, 1.54) is 0 Å². The third-order valence-corrected chi connectivity index (χ3v) is 2.45. The Hall–Kier alpha value is -1.39. The largest absolute Gasteiger partial charge is 0.481 e. The molecule has 5 nitrogen and oxygen atoms in total. The maximum absolute atomic E-state index is 10.8. The number of aliphatic carboxylic acids is 1. The number of carboxylic acid groups (broad SMARTS) is 1. The Bertz CT molecular complexity index is 345. The summed E-state index contributed by atoms with van der Waals surface area (Å²) >= 11 is 0. The summed E-state index contributed by atoms with van der Waals surface area (Å²) in [5, 5.41) is 16.7. The lowest BCUT2D eigenvalue weighted by atomic mass is 9.99. The third-order valence-electron chi connectivity index (χ3n) is 2.45. The monoisotopic (exact) mass is 181 g/mol. The molecule has 1 aromatic heterocycles. The van der Waals surface area contributed by atoms with E-state index in [-0.39, 0.29) is 0 Å². The molecule has 13 heavy (non-hydrogen) atoms. The standard InChI is InChI=1S/C8H11N3O2/c1-5-9-10-7-6(8(12)13)3-2-4-11(5)7/h6H,2-4H2,1H3,(H,12,13). The van der Waals surface area contributed by atoms with Crippen LogP contribution in [0.2, 0.25) is 0 Å². The van der Waals surface area contributed by atoms with Gasteiger partial charge >= 0.3 is 5.97 Å². The minimum absolute atomic E-state index is 0.463. The molecule has 0 fully saturated rings. The van der Waals surface area contributed by atoms with Crippen molar-refractivity contribution in [1.82, 2.24) is 14.8 Å². The lowest BCUT2D eigenvalue weighted by Gasteiger charge is -2.19. The third kappa shape index (κ3) is 1.20. The van der Waals surface area contributed by atoms with Crippen LogP contribution in [0, 0.1) is 6.92 Å². The SMILES string of the molecule is Cc1nnc2n1CCCC2C(=O)O. The fourth-order valence-electron chi connectivity index (χ4n) is 1.75. The Balaban J connectivity index is 2.43. The second kappa shape index (κ2) is 2.83. The molecule has 2 heterocycles. The van der Waals surface area contributed by atoms with Crippen molar-refractivity contribution in [3.05, 3.63) is 11.6 Å². The van der Waals surface area contributed by atoms with Crippen molar-refractivity contribution in [2.24, 2.45) is 0 Å². The summed E-state index contributed by atoms with van der Waals surface area (Å²) in [6, 6.07) is 0. The molecule has 0 aromatic carbocycles. The average molecular weight is 181 g/mol. The molecule has 1 aliphatic heterocycles. The van der Waals surface area contributed by atoms with Crippen LogP contribution in [0.3, 0.4) is 0 Å². The highest BCUT2D eigenvalue weighted by Crippen LogP contribution is 2.26. The van der Waals surface area contributed by atoms with Gasteiger partial charge in [0.1, 0.15) is 17.6 Å². The van der Waals surface area contributed by atoms with Gasteiger partial charge in [-0.2, -0.15) is 0 Å². The van der Waals surface area contributed by atoms with Crippen molar-refractivity contribution in [3.63, 3.8) is 0 Å². The van der Waals surface area contributed by atoms with E-state index in [2.05, 4.69) is 10.2 Å². The van der Waals surface area contributed by atoms with Crippen molar-refractivity contribution >= 4 is 5.97 Å². The van der Waals surface area contributed by atoms with E-state index >= 15 is 0 Å². The van der Waals surface area contributed by atoms with Crippen LogP contribution in [0.5, 0.6) is 0 Å². The van der Waals surface area contributed by atoms with Crippen LogP contribution in [0.25, 0.3) is 0 Å². The zero-order valence-electron chi connectivity index (χ0n) is 7.40. The van der Waals surface area contributed by atoms with Crippen LogP contribution >= 0.6 is 0 Å². The molecule has 0 saturated heterocycles. The van der Waals surface area contributed by atoms with E-state index in [9.17, 15) is 4.79 Å². The minimum Gasteiger partial charge on any atom is -0.481 e. The van der Waals surface area contributed by atoms with Gasteiger partial charge in [-0.3, -0.25) is 4.79 Å². The molecule has 0 spiro atoms. The van der Waals surface area contributed by atoms with E-state index in [0.29, 0.717) is 12.2 Å². The summed E-state index contributed by atoms with van der Waals surface area (Å²) in [6.45, 7) is 2.69. The second-order valence-corrected chi connectivity index (χ2v) is 3.29. The number of fused-ring (bicyclic) bond motifs is 1. The molecule has 1 N–H and O–H groups in total. The molecule has 1 aromatic rings. The van der Waals surface area contributed by atoms with Crippen LogP contribution < -0.4 is 0 Å². The Kier molecular flexibility index (Phi) is 1.79. The molecule has 1 aliphatic rings. The number of nitrogens with zero attached hydrogens (tertiary/aromatic N) is 3. The Labute approximate surface area is 75.4 Å². The molecule has 0 aliphatic carbocycles. The van der Waals surface area contributed by atoms with E-state index in [1.54, 1.807) is 0 Å². The number of hydrogen-bond donors (Lipinski definition) is 1. The lowest BCUT2D eigenvalue weighted by Crippen LogP contribution is -2.22. The second-order valence-electron chi connectivity index (χ2n) is 3.29. The molecule has 2 rings (SSSR count). The van der Waals surface area contributed by atoms with Crippen molar-refractivity contribution in [2.45, 2.75) is 32.2 Å². The maximum Gasteiger partial charge on any atom is 0.314 e. The van der Waals surface area contributed by atoms with E-state index in [4.69, 9.17) is 5.11 Å². The quantitative estimate of drug-likeness (QED) is 0.686. The van der Waals surface area contributed by atoms with Gasteiger partial charge in [0.15, 0.2) is 0 Å². The molecule has 70 valence electrons. The first-order chi connectivity index (χ1) is 6.20. The van der Waals surface area contributed by atoms with Crippen molar-refractivity contribution < 1.29 is 9.90 Å². The number of rotatable bonds is 1. The highest BCUT2D eigenvalue weighted by atomic mass is 16.4. The number of aryl methyl sites for hydroxylation is 1. The molecular weight excluding hydrogens is 170 g/mol. The molecule has 1 unspecified atom stereocenters. The van der Waals surface area contributed by atoms with Gasteiger partial charge < -0.3 is 9.67 Å². The van der Waals surface area contributed by atoms with Crippen LogP contribution in [0.1, 0.15) is 30.4 Å². The number of carboxylic acids is 1. The van der Waals surface area contributed by atoms with Crippen molar-refractivity contribution in [3.8, 4) is 0 Å². The minimum atomic E-state index is -0.798. The van der Waals surface area contributed by atoms with Crippen LogP contribution in [0.4, 0.5) is 0 Å². The van der Waals surface area contributed by atoms with Crippen molar-refractivity contribution in [1.29, 1.82) is 0 Å². The summed E-state index contributed by atoms with van der Waals surface area (Å²) < 4.78 is 1.89. The van der Waals surface area contributed by atoms with Crippen LogP contribution in [-0.2, 0) is 11.3 Å². The highest BCUT2D eigenvalue weighted by Gasteiger charge is 2.29. The predicted molar refractivity (Wildman–Crippen MR) is 44.4 cm³/mol. The number of aromatic nitrogens is 3. The van der Waals surface area contributed by atoms with Crippen molar-refractivity contribution in [2.75, 3.05) is 0 Å². The van der Waals surface area contributed by atoms with Crippen LogP contribution in [-0.4, -0.2) is 25.8 Å². The molecule has 0 amide bonds. The van der Waals surface area contributed by atoms with Gasteiger partial charge in [0.2, 0.25) is 0 Å². The Morgan fingerprint density at radius 2 is 2.38 bits per heavy atom. The van der Waals surface area contributed by atoms with Gasteiger partial charge in [-0.05, 0) is 19.8 Å². The molecule has 0 radical (unpaired) electrons. The first kappa shape index (κ1) is 8.22. The van der Waals surface area contributed by atoms with Gasteiger partial charge in [-0.25, -0.2) is 0 Å². The van der Waals surface area contributed by atoms with Gasteiger partial charge in [-0.1, -0.05) is 0 Å². The molecule has 5 heteroatoms. The number of carbonyl (C=O) groups is 1. The van der Waals surface area contributed by atoms with E-state index < -0.39 is 11.9 Å². The first-order valence-electron chi connectivity index (χ1n) is 4.32. The highest BCUT2D eigenvalue weighted by molar-refractivity contribution is 5.75. The summed E-state index contributed by atoms with van der Waals surface area (Å²) in [5.41, 5.74) is 0. The van der Waals surface area contributed by atoms with Gasteiger partial charge in [0.05, 0.1) is 0 Å². The molecule has 0 bridgehead atoms. The Morgan fingerprint density at radius 3 is 3.08 bits per heavy atom. The van der Waals surface area contributed by atoms with E-state index in [1.807, 2.05) is 11.5 Å². The fourth-order valence-corrected chi connectivity index (χ4v) is 1.75. The normalized spacial score (nSPS) is 21.2. The van der Waals surface area contributed by atoms with E-state index in [0.717, 1.165) is 18.8 Å². The van der Waals surface area contributed by atoms with Gasteiger partial charge in [0.25, 0.3) is 0 Å². The number of hydrogen-bond acceptors (Lipinski definition) is 3. The molecule has 0 saturated carbocycles. The summed E-state index contributed by atoms with van der Waals surface area (Å²) in [7, 11) is 0. The summed E-state index contributed by atoms with van der Waals surface area (Å²) in [4.78, 5) is 10.8. The molecule has 1 atom stereocenters. The summed E-state index contributed by atoms with van der Waals surface area (Å²) in [5.74, 6) is 0.153. The van der Waals surface area contributed by atoms with Gasteiger partial charge in [-0.15, -0.1) is 10.2 Å².